The second-order valence-corrected chi connectivity index (χ2v) is 4.63. The highest BCUT2D eigenvalue weighted by Crippen LogP contribution is 2.26. The third-order valence-electron chi connectivity index (χ3n) is 2.88. The Morgan fingerprint density at radius 1 is 1.45 bits per heavy atom. The Bertz CT molecular complexity index is 451. The van der Waals surface area contributed by atoms with Crippen molar-refractivity contribution in [1.82, 2.24) is 4.98 Å². The zero-order chi connectivity index (χ0) is 15.1. The largest absolute Gasteiger partial charge is 0.481 e. The number of hydrogen-bond acceptors (Lipinski definition) is 6. The summed E-state index contributed by atoms with van der Waals surface area (Å²) in [6, 6.07) is 2.79. The maximum absolute atomic E-state index is 11.0. The predicted molar refractivity (Wildman–Crippen MR) is 76.2 cm³/mol. The molecular weight excluding hydrogens is 262 g/mol. The number of nitrogens with zero attached hydrogens (tertiary/aromatic N) is 2. The summed E-state index contributed by atoms with van der Waals surface area (Å²) in [6.07, 6.45) is 0. The van der Waals surface area contributed by atoms with Crippen molar-refractivity contribution in [3.05, 3.63) is 22.2 Å². The van der Waals surface area contributed by atoms with E-state index < -0.39 is 4.92 Å². The fourth-order valence-electron chi connectivity index (χ4n) is 1.62. The fourth-order valence-corrected chi connectivity index (χ4v) is 1.62. The first-order valence-electron chi connectivity index (χ1n) is 6.53. The summed E-state index contributed by atoms with van der Waals surface area (Å²) in [6.45, 7) is 7.00. The lowest BCUT2D eigenvalue weighted by molar-refractivity contribution is -0.384. The van der Waals surface area contributed by atoms with Crippen molar-refractivity contribution < 1.29 is 14.4 Å². The molecule has 7 heteroatoms. The van der Waals surface area contributed by atoms with Crippen LogP contribution in [0.2, 0.25) is 0 Å². The lowest BCUT2D eigenvalue weighted by Crippen LogP contribution is -2.31. The molecule has 0 aromatic carbocycles. The molecule has 1 aromatic rings. The second kappa shape index (κ2) is 7.64. The Morgan fingerprint density at radius 3 is 2.65 bits per heavy atom. The molecular formula is C13H21N3O4. The van der Waals surface area contributed by atoms with Crippen LogP contribution >= 0.6 is 0 Å². The van der Waals surface area contributed by atoms with Gasteiger partial charge < -0.3 is 14.8 Å². The Balaban J connectivity index is 2.99. The van der Waals surface area contributed by atoms with Gasteiger partial charge in [-0.25, -0.2) is 0 Å². The van der Waals surface area contributed by atoms with E-state index in [2.05, 4.69) is 10.3 Å². The number of hydrogen-bond donors (Lipinski definition) is 1. The van der Waals surface area contributed by atoms with E-state index in [0.717, 1.165) is 0 Å². The summed E-state index contributed by atoms with van der Waals surface area (Å²) in [5, 5.41) is 14.1. The van der Waals surface area contributed by atoms with E-state index in [1.807, 2.05) is 20.8 Å². The first kappa shape index (κ1) is 16.2. The van der Waals surface area contributed by atoms with E-state index in [1.165, 1.54) is 19.2 Å². The van der Waals surface area contributed by atoms with Crippen molar-refractivity contribution in [2.45, 2.75) is 26.8 Å². The van der Waals surface area contributed by atoms with Crippen LogP contribution < -0.4 is 10.1 Å². The molecule has 0 fully saturated rings. The predicted octanol–water partition coefficient (Wildman–Crippen LogP) is 2.47. The van der Waals surface area contributed by atoms with Gasteiger partial charge in [0.1, 0.15) is 0 Å². The fraction of sp³-hybridized carbons (Fsp3) is 0.615. The van der Waals surface area contributed by atoms with Gasteiger partial charge in [-0.05, 0) is 12.8 Å². The summed E-state index contributed by atoms with van der Waals surface area (Å²) in [5.41, 5.74) is -0.0760. The number of aromatic nitrogens is 1. The third-order valence-corrected chi connectivity index (χ3v) is 2.88. The molecule has 0 bridgehead atoms. The number of methoxy groups -OCH3 is 1. The van der Waals surface area contributed by atoms with E-state index in [1.54, 1.807) is 0 Å². The Kier molecular flexibility index (Phi) is 6.17. The smallest absolute Gasteiger partial charge is 0.311 e. The SMILES string of the molecule is CCOCC(Nc1nc(OC)ccc1[N+](=O)[O-])C(C)C. The summed E-state index contributed by atoms with van der Waals surface area (Å²) in [7, 11) is 1.47. The van der Waals surface area contributed by atoms with Gasteiger partial charge in [0.15, 0.2) is 0 Å². The average Bonchev–Trinajstić information content (AvgIpc) is 2.42. The van der Waals surface area contributed by atoms with Gasteiger partial charge in [0.05, 0.1) is 24.7 Å². The number of anilines is 1. The normalized spacial score (nSPS) is 12.2. The minimum atomic E-state index is -0.465. The molecule has 1 N–H and O–H groups in total. The zero-order valence-electron chi connectivity index (χ0n) is 12.3. The summed E-state index contributed by atoms with van der Waals surface area (Å²) < 4.78 is 10.4. The van der Waals surface area contributed by atoms with Crippen LogP contribution in [0.3, 0.4) is 0 Å². The van der Waals surface area contributed by atoms with Crippen molar-refractivity contribution >= 4 is 11.5 Å². The zero-order valence-corrected chi connectivity index (χ0v) is 12.3. The van der Waals surface area contributed by atoms with Crippen LogP contribution in [-0.4, -0.2) is 36.3 Å². The molecule has 0 radical (unpaired) electrons. The third kappa shape index (κ3) is 4.34. The molecule has 1 rings (SSSR count). The van der Waals surface area contributed by atoms with Gasteiger partial charge in [-0.3, -0.25) is 10.1 Å². The molecule has 0 amide bonds. The van der Waals surface area contributed by atoms with Crippen molar-refractivity contribution in [3.63, 3.8) is 0 Å². The summed E-state index contributed by atoms with van der Waals surface area (Å²) in [4.78, 5) is 14.7. The van der Waals surface area contributed by atoms with Crippen LogP contribution in [0, 0.1) is 16.0 Å². The van der Waals surface area contributed by atoms with Gasteiger partial charge in [-0.1, -0.05) is 13.8 Å². The average molecular weight is 283 g/mol. The maximum Gasteiger partial charge on any atom is 0.311 e. The molecule has 1 atom stereocenters. The van der Waals surface area contributed by atoms with Gasteiger partial charge in [0.2, 0.25) is 11.7 Å². The van der Waals surface area contributed by atoms with E-state index in [0.29, 0.717) is 19.1 Å². The maximum atomic E-state index is 11.0. The van der Waals surface area contributed by atoms with Gasteiger partial charge in [-0.15, -0.1) is 0 Å². The molecule has 0 aliphatic carbocycles. The highest BCUT2D eigenvalue weighted by atomic mass is 16.6. The van der Waals surface area contributed by atoms with Gasteiger partial charge >= 0.3 is 5.69 Å². The lowest BCUT2D eigenvalue weighted by Gasteiger charge is -2.22. The minimum absolute atomic E-state index is 0.0618. The van der Waals surface area contributed by atoms with Crippen molar-refractivity contribution in [2.75, 3.05) is 25.6 Å². The van der Waals surface area contributed by atoms with Crippen molar-refractivity contribution in [3.8, 4) is 5.88 Å². The van der Waals surface area contributed by atoms with E-state index >= 15 is 0 Å². The molecule has 0 aliphatic heterocycles. The van der Waals surface area contributed by atoms with E-state index in [-0.39, 0.29) is 23.5 Å². The van der Waals surface area contributed by atoms with Crippen LogP contribution in [0.1, 0.15) is 20.8 Å². The van der Waals surface area contributed by atoms with Gasteiger partial charge in [-0.2, -0.15) is 4.98 Å². The van der Waals surface area contributed by atoms with E-state index in [9.17, 15) is 10.1 Å². The van der Waals surface area contributed by atoms with Crippen LogP contribution in [0.15, 0.2) is 12.1 Å². The van der Waals surface area contributed by atoms with Crippen LogP contribution in [0.4, 0.5) is 11.5 Å². The molecule has 20 heavy (non-hydrogen) atoms. The molecule has 0 aliphatic rings. The molecule has 7 nitrogen and oxygen atoms in total. The molecule has 1 heterocycles. The Hall–Kier alpha value is -1.89. The molecule has 0 saturated heterocycles. The van der Waals surface area contributed by atoms with Crippen LogP contribution in [0.5, 0.6) is 5.88 Å². The van der Waals surface area contributed by atoms with Crippen molar-refractivity contribution in [2.24, 2.45) is 5.92 Å². The highest BCUT2D eigenvalue weighted by Gasteiger charge is 2.21. The summed E-state index contributed by atoms with van der Waals surface area (Å²) >= 11 is 0. The number of pyridine rings is 1. The molecule has 1 aromatic heterocycles. The Morgan fingerprint density at radius 2 is 2.15 bits per heavy atom. The number of nitrogens with one attached hydrogen (secondary N) is 1. The number of ether oxygens (including phenoxy) is 2. The summed E-state index contributed by atoms with van der Waals surface area (Å²) in [5.74, 6) is 0.777. The van der Waals surface area contributed by atoms with Crippen LogP contribution in [0.25, 0.3) is 0 Å². The van der Waals surface area contributed by atoms with Crippen molar-refractivity contribution in [1.29, 1.82) is 0 Å². The second-order valence-electron chi connectivity index (χ2n) is 4.63. The minimum Gasteiger partial charge on any atom is -0.481 e. The van der Waals surface area contributed by atoms with Gasteiger partial charge in [0.25, 0.3) is 0 Å². The first-order chi connectivity index (χ1) is 9.49. The monoisotopic (exact) mass is 283 g/mol. The van der Waals surface area contributed by atoms with E-state index in [4.69, 9.17) is 9.47 Å². The number of nitro groups is 1. The lowest BCUT2D eigenvalue weighted by atomic mass is 10.1. The van der Waals surface area contributed by atoms with Gasteiger partial charge in [0, 0.05) is 18.7 Å². The van der Waals surface area contributed by atoms with Crippen LogP contribution in [-0.2, 0) is 4.74 Å². The Labute approximate surface area is 118 Å². The quantitative estimate of drug-likeness (QED) is 0.582. The standard InChI is InChI=1S/C13H21N3O4/c1-5-20-8-10(9(2)3)14-13-11(16(17)18)6-7-12(15-13)19-4/h6-7,9-10H,5,8H2,1-4H3,(H,14,15). The number of rotatable bonds is 8. The molecule has 1 unspecified atom stereocenters. The topological polar surface area (TPSA) is 86.5 Å². The highest BCUT2D eigenvalue weighted by molar-refractivity contribution is 5.57. The molecule has 0 saturated carbocycles. The molecule has 112 valence electrons. The molecule has 0 spiro atoms. The first-order valence-corrected chi connectivity index (χ1v) is 6.53.